The van der Waals surface area contributed by atoms with Gasteiger partial charge in [0.2, 0.25) is 5.96 Å². The fraction of sp³-hybridized carbons (Fsp3) is 0.444. The first kappa shape index (κ1) is 12.4. The van der Waals surface area contributed by atoms with E-state index in [4.69, 9.17) is 17.2 Å². The number of hydrogen-bond donors (Lipinski definition) is 3. The maximum Gasteiger partial charge on any atom is 0.219 e. The van der Waals surface area contributed by atoms with Gasteiger partial charge in [-0.1, -0.05) is 6.92 Å². The van der Waals surface area contributed by atoms with E-state index in [1.807, 2.05) is 13.1 Å². The third kappa shape index (κ3) is 3.50. The Morgan fingerprint density at radius 1 is 1.50 bits per heavy atom. The SMILES string of the molecule is CCc1cnc(C(C)N=C(N)N=C(N)N)s1. The zero-order valence-electron chi connectivity index (χ0n) is 9.34. The quantitative estimate of drug-likeness (QED) is 0.522. The van der Waals surface area contributed by atoms with Gasteiger partial charge in [-0.3, -0.25) is 0 Å². The van der Waals surface area contributed by atoms with Crippen LogP contribution in [0.25, 0.3) is 0 Å². The summed E-state index contributed by atoms with van der Waals surface area (Å²) in [6.07, 6.45) is 2.82. The van der Waals surface area contributed by atoms with E-state index in [2.05, 4.69) is 21.9 Å². The molecule has 1 atom stereocenters. The second-order valence-electron chi connectivity index (χ2n) is 3.22. The number of aromatic nitrogens is 1. The lowest BCUT2D eigenvalue weighted by atomic mass is 10.4. The van der Waals surface area contributed by atoms with Crippen molar-refractivity contribution in [3.8, 4) is 0 Å². The average Bonchev–Trinajstić information content (AvgIpc) is 2.64. The molecule has 0 aliphatic heterocycles. The molecule has 1 heterocycles. The van der Waals surface area contributed by atoms with Crippen molar-refractivity contribution < 1.29 is 0 Å². The molecule has 6 N–H and O–H groups in total. The van der Waals surface area contributed by atoms with Crippen LogP contribution in [0.5, 0.6) is 0 Å². The van der Waals surface area contributed by atoms with Crippen LogP contribution in [0.1, 0.15) is 29.8 Å². The van der Waals surface area contributed by atoms with Gasteiger partial charge in [-0.15, -0.1) is 11.3 Å². The molecule has 1 rings (SSSR count). The van der Waals surface area contributed by atoms with Crippen LogP contribution >= 0.6 is 11.3 Å². The van der Waals surface area contributed by atoms with Gasteiger partial charge in [0.25, 0.3) is 0 Å². The van der Waals surface area contributed by atoms with Crippen molar-refractivity contribution in [3.05, 3.63) is 16.1 Å². The molecule has 1 aromatic rings. The van der Waals surface area contributed by atoms with E-state index < -0.39 is 0 Å². The third-order valence-corrected chi connectivity index (χ3v) is 3.16. The Bertz CT molecular complexity index is 404. The van der Waals surface area contributed by atoms with Gasteiger partial charge in [-0.05, 0) is 13.3 Å². The first-order valence-electron chi connectivity index (χ1n) is 4.90. The minimum absolute atomic E-state index is 0.0701. The van der Waals surface area contributed by atoms with Crippen molar-refractivity contribution in [2.24, 2.45) is 27.2 Å². The summed E-state index contributed by atoms with van der Waals surface area (Å²) in [5.74, 6) is -0.0254. The highest BCUT2D eigenvalue weighted by molar-refractivity contribution is 7.11. The van der Waals surface area contributed by atoms with Gasteiger partial charge in [0.1, 0.15) is 11.0 Å². The Morgan fingerprint density at radius 2 is 2.19 bits per heavy atom. The Hall–Kier alpha value is -1.63. The number of aliphatic imine (C=N–C) groups is 2. The second kappa shape index (κ2) is 5.45. The average molecular weight is 240 g/mol. The van der Waals surface area contributed by atoms with Crippen LogP contribution in [-0.4, -0.2) is 16.9 Å². The van der Waals surface area contributed by atoms with Crippen molar-refractivity contribution >= 4 is 23.3 Å². The summed E-state index contributed by atoms with van der Waals surface area (Å²) in [4.78, 5) is 13.3. The molecule has 0 bridgehead atoms. The maximum atomic E-state index is 5.53. The molecule has 7 heteroatoms. The number of hydrogen-bond acceptors (Lipinski definition) is 3. The van der Waals surface area contributed by atoms with E-state index in [0.717, 1.165) is 11.4 Å². The van der Waals surface area contributed by atoms with Gasteiger partial charge < -0.3 is 17.2 Å². The van der Waals surface area contributed by atoms with Crippen molar-refractivity contribution in [2.75, 3.05) is 0 Å². The van der Waals surface area contributed by atoms with Gasteiger partial charge in [0.15, 0.2) is 5.96 Å². The molecule has 88 valence electrons. The number of nitrogens with zero attached hydrogens (tertiary/aromatic N) is 3. The molecular formula is C9H16N6S. The number of thiazole rings is 1. The standard InChI is InChI=1S/C9H16N6S/c1-3-6-4-13-7(16-6)5(2)14-9(12)15-8(10)11/h4-5H,3H2,1-2H3,(H6,10,11,12,14,15). The molecule has 0 aliphatic rings. The van der Waals surface area contributed by atoms with E-state index in [-0.39, 0.29) is 18.0 Å². The van der Waals surface area contributed by atoms with E-state index in [1.165, 1.54) is 4.88 Å². The molecule has 0 fully saturated rings. The zero-order valence-corrected chi connectivity index (χ0v) is 10.2. The Kier molecular flexibility index (Phi) is 4.24. The summed E-state index contributed by atoms with van der Waals surface area (Å²) in [7, 11) is 0. The molecule has 16 heavy (non-hydrogen) atoms. The highest BCUT2D eigenvalue weighted by Gasteiger charge is 2.09. The fourth-order valence-corrected chi connectivity index (χ4v) is 1.94. The van der Waals surface area contributed by atoms with Crippen LogP contribution in [0.2, 0.25) is 0 Å². The first-order chi connectivity index (χ1) is 7.52. The van der Waals surface area contributed by atoms with Crippen molar-refractivity contribution in [1.29, 1.82) is 0 Å². The first-order valence-corrected chi connectivity index (χ1v) is 5.72. The van der Waals surface area contributed by atoms with E-state index in [0.29, 0.717) is 0 Å². The summed E-state index contributed by atoms with van der Waals surface area (Å²) < 4.78 is 0. The lowest BCUT2D eigenvalue weighted by molar-refractivity contribution is 0.804. The van der Waals surface area contributed by atoms with Crippen molar-refractivity contribution in [2.45, 2.75) is 26.3 Å². The molecule has 0 aromatic carbocycles. The Balaban J connectivity index is 2.78. The third-order valence-electron chi connectivity index (χ3n) is 1.85. The Labute approximate surface area is 98.3 Å². The zero-order chi connectivity index (χ0) is 12.1. The monoisotopic (exact) mass is 240 g/mol. The second-order valence-corrected chi connectivity index (χ2v) is 4.37. The number of nitrogens with two attached hydrogens (primary N) is 3. The number of guanidine groups is 2. The van der Waals surface area contributed by atoms with E-state index in [9.17, 15) is 0 Å². The van der Waals surface area contributed by atoms with Crippen LogP contribution < -0.4 is 17.2 Å². The summed E-state index contributed by atoms with van der Waals surface area (Å²) in [5.41, 5.74) is 15.9. The fourth-order valence-electron chi connectivity index (χ4n) is 1.09. The van der Waals surface area contributed by atoms with Gasteiger partial charge >= 0.3 is 0 Å². The molecule has 0 saturated heterocycles. The molecule has 0 saturated carbocycles. The van der Waals surface area contributed by atoms with Gasteiger partial charge in [-0.2, -0.15) is 4.99 Å². The molecule has 0 amide bonds. The summed E-state index contributed by atoms with van der Waals surface area (Å²) in [6, 6.07) is -0.131. The summed E-state index contributed by atoms with van der Waals surface area (Å²) in [5, 5.41) is 0.908. The highest BCUT2D eigenvalue weighted by Crippen LogP contribution is 2.22. The van der Waals surface area contributed by atoms with Gasteiger partial charge in [0.05, 0.1) is 0 Å². The normalized spacial score (nSPS) is 13.5. The van der Waals surface area contributed by atoms with Crippen molar-refractivity contribution in [3.63, 3.8) is 0 Å². The molecule has 1 unspecified atom stereocenters. The molecular weight excluding hydrogens is 224 g/mol. The van der Waals surface area contributed by atoms with Crippen LogP contribution in [0.3, 0.4) is 0 Å². The number of aryl methyl sites for hydroxylation is 1. The van der Waals surface area contributed by atoms with Crippen LogP contribution in [0, 0.1) is 0 Å². The topological polar surface area (TPSA) is 116 Å². The molecule has 1 aromatic heterocycles. The minimum atomic E-state index is -0.131. The van der Waals surface area contributed by atoms with E-state index in [1.54, 1.807) is 11.3 Å². The lowest BCUT2D eigenvalue weighted by Gasteiger charge is -2.01. The molecule has 0 aliphatic carbocycles. The molecule has 0 radical (unpaired) electrons. The Morgan fingerprint density at radius 3 is 2.69 bits per heavy atom. The maximum absolute atomic E-state index is 5.53. The minimum Gasteiger partial charge on any atom is -0.370 e. The molecule has 6 nitrogen and oxygen atoms in total. The van der Waals surface area contributed by atoms with Crippen molar-refractivity contribution in [1.82, 2.24) is 4.98 Å². The van der Waals surface area contributed by atoms with Crippen LogP contribution in [-0.2, 0) is 6.42 Å². The molecule has 0 spiro atoms. The van der Waals surface area contributed by atoms with Gasteiger partial charge in [0, 0.05) is 11.1 Å². The van der Waals surface area contributed by atoms with Crippen LogP contribution in [0.15, 0.2) is 16.2 Å². The predicted molar refractivity (Wildman–Crippen MR) is 67.3 cm³/mol. The smallest absolute Gasteiger partial charge is 0.219 e. The lowest BCUT2D eigenvalue weighted by Crippen LogP contribution is -2.26. The largest absolute Gasteiger partial charge is 0.370 e. The summed E-state index contributed by atoms with van der Waals surface area (Å²) >= 11 is 1.62. The van der Waals surface area contributed by atoms with Crippen LogP contribution in [0.4, 0.5) is 0 Å². The van der Waals surface area contributed by atoms with E-state index >= 15 is 0 Å². The summed E-state index contributed by atoms with van der Waals surface area (Å²) in [6.45, 7) is 3.98. The highest BCUT2D eigenvalue weighted by atomic mass is 32.1. The van der Waals surface area contributed by atoms with Gasteiger partial charge in [-0.25, -0.2) is 9.98 Å². The predicted octanol–water partition coefficient (Wildman–Crippen LogP) is 0.355. The number of rotatable bonds is 3.